The van der Waals surface area contributed by atoms with Crippen LogP contribution in [0.1, 0.15) is 20.8 Å². The van der Waals surface area contributed by atoms with E-state index in [0.717, 1.165) is 14.5 Å². The van der Waals surface area contributed by atoms with Crippen molar-refractivity contribution in [3.8, 4) is 0 Å². The summed E-state index contributed by atoms with van der Waals surface area (Å²) >= 11 is 6.73. The van der Waals surface area contributed by atoms with Crippen LogP contribution in [0.15, 0.2) is 27.5 Å². The van der Waals surface area contributed by atoms with Crippen molar-refractivity contribution in [1.29, 1.82) is 0 Å². The third-order valence-corrected chi connectivity index (χ3v) is 3.26. The first-order valence-corrected chi connectivity index (χ1v) is 6.92. The minimum absolute atomic E-state index is 0.415. The molecule has 0 amide bonds. The highest BCUT2D eigenvalue weighted by Gasteiger charge is 2.20. The molecule has 0 atom stereocenters. The molecule has 0 fully saturated rings. The molecule has 0 saturated carbocycles. The van der Waals surface area contributed by atoms with Crippen LogP contribution in [0.3, 0.4) is 0 Å². The maximum absolute atomic E-state index is 12.1. The summed E-state index contributed by atoms with van der Waals surface area (Å²) in [6.45, 7) is 5.50. The van der Waals surface area contributed by atoms with E-state index in [4.69, 9.17) is 4.74 Å². The first-order valence-electron chi connectivity index (χ1n) is 5.33. The van der Waals surface area contributed by atoms with E-state index in [0.29, 0.717) is 5.52 Å². The number of hydrogen-bond donors (Lipinski definition) is 0. The molecule has 4 nitrogen and oxygen atoms in total. The molecule has 0 bridgehead atoms. The standard InChI is InChI=1S/C12H12Br2N2O2/c1-12(2,3)18-11(17)16-6-8(13)7-4-10(14)15-5-9(7)16/h4-6H,1-3H3. The monoisotopic (exact) mass is 374 g/mol. The van der Waals surface area contributed by atoms with Gasteiger partial charge in [0.1, 0.15) is 10.2 Å². The molecule has 2 aromatic rings. The Labute approximate surface area is 122 Å². The number of carbonyl (C=O) groups excluding carboxylic acids is 1. The fraction of sp³-hybridized carbons (Fsp3) is 0.333. The molecule has 0 aliphatic carbocycles. The van der Waals surface area contributed by atoms with Gasteiger partial charge in [-0.2, -0.15) is 0 Å². The summed E-state index contributed by atoms with van der Waals surface area (Å²) in [6.07, 6.45) is 2.91. The van der Waals surface area contributed by atoms with Gasteiger partial charge in [-0.3, -0.25) is 0 Å². The zero-order valence-electron chi connectivity index (χ0n) is 10.2. The van der Waals surface area contributed by atoms with Crippen LogP contribution in [0.5, 0.6) is 0 Å². The molecule has 0 aliphatic heterocycles. The predicted octanol–water partition coefficient (Wildman–Crippen LogP) is 4.34. The van der Waals surface area contributed by atoms with E-state index in [1.54, 1.807) is 12.4 Å². The van der Waals surface area contributed by atoms with Crippen LogP contribution in [-0.2, 0) is 4.74 Å². The maximum atomic E-state index is 12.1. The van der Waals surface area contributed by atoms with Crippen LogP contribution in [0, 0.1) is 0 Å². The van der Waals surface area contributed by atoms with E-state index in [9.17, 15) is 4.79 Å². The average molecular weight is 376 g/mol. The third kappa shape index (κ3) is 2.75. The van der Waals surface area contributed by atoms with Crippen LogP contribution >= 0.6 is 31.9 Å². The van der Waals surface area contributed by atoms with E-state index in [1.165, 1.54) is 4.57 Å². The highest BCUT2D eigenvalue weighted by atomic mass is 79.9. The number of halogens is 2. The molecule has 0 unspecified atom stereocenters. The van der Waals surface area contributed by atoms with Crippen molar-refractivity contribution < 1.29 is 9.53 Å². The van der Waals surface area contributed by atoms with Gasteiger partial charge in [-0.05, 0) is 58.7 Å². The second-order valence-electron chi connectivity index (χ2n) is 4.85. The fourth-order valence-corrected chi connectivity index (χ4v) is 2.37. The Balaban J connectivity index is 2.49. The summed E-state index contributed by atoms with van der Waals surface area (Å²) in [6, 6.07) is 1.85. The van der Waals surface area contributed by atoms with Gasteiger partial charge in [-0.25, -0.2) is 14.3 Å². The summed E-state index contributed by atoms with van der Waals surface area (Å²) < 4.78 is 8.33. The Morgan fingerprint density at radius 1 is 1.39 bits per heavy atom. The zero-order chi connectivity index (χ0) is 13.5. The lowest BCUT2D eigenvalue weighted by Crippen LogP contribution is -2.26. The van der Waals surface area contributed by atoms with E-state index in [2.05, 4.69) is 36.8 Å². The molecule has 0 N–H and O–H groups in total. The second-order valence-corrected chi connectivity index (χ2v) is 6.52. The van der Waals surface area contributed by atoms with Gasteiger partial charge in [-0.15, -0.1) is 0 Å². The smallest absolute Gasteiger partial charge is 0.419 e. The van der Waals surface area contributed by atoms with Crippen LogP contribution in [0.25, 0.3) is 10.9 Å². The predicted molar refractivity (Wildman–Crippen MR) is 76.8 cm³/mol. The molecule has 96 valence electrons. The minimum atomic E-state index is -0.525. The number of hydrogen-bond acceptors (Lipinski definition) is 3. The minimum Gasteiger partial charge on any atom is -0.443 e. The zero-order valence-corrected chi connectivity index (χ0v) is 13.4. The number of carbonyl (C=O) groups is 1. The molecule has 0 spiro atoms. The molecule has 2 rings (SSSR count). The lowest BCUT2D eigenvalue weighted by atomic mass is 10.2. The maximum Gasteiger partial charge on any atom is 0.419 e. The summed E-state index contributed by atoms with van der Waals surface area (Å²) in [5.41, 5.74) is 0.183. The van der Waals surface area contributed by atoms with Crippen molar-refractivity contribution in [2.24, 2.45) is 0 Å². The van der Waals surface area contributed by atoms with Crippen LogP contribution in [0.2, 0.25) is 0 Å². The number of ether oxygens (including phenoxy) is 1. The molecule has 18 heavy (non-hydrogen) atoms. The van der Waals surface area contributed by atoms with Gasteiger partial charge >= 0.3 is 6.09 Å². The summed E-state index contributed by atoms with van der Waals surface area (Å²) in [4.78, 5) is 16.2. The normalized spacial score (nSPS) is 11.8. The molecule has 2 heterocycles. The molecule has 2 aromatic heterocycles. The molecule has 0 aliphatic rings. The lowest BCUT2D eigenvalue weighted by Gasteiger charge is -2.19. The van der Waals surface area contributed by atoms with Gasteiger partial charge in [0.15, 0.2) is 0 Å². The largest absolute Gasteiger partial charge is 0.443 e. The highest BCUT2D eigenvalue weighted by Crippen LogP contribution is 2.28. The Bertz CT molecular complexity index is 614. The summed E-state index contributed by atoms with van der Waals surface area (Å²) in [5, 5.41) is 0.905. The molecular formula is C12H12Br2N2O2. The van der Waals surface area contributed by atoms with Gasteiger partial charge in [0.25, 0.3) is 0 Å². The molecular weight excluding hydrogens is 364 g/mol. The van der Waals surface area contributed by atoms with Gasteiger partial charge in [0.05, 0.1) is 11.7 Å². The molecule has 6 heteroatoms. The summed E-state index contributed by atoms with van der Waals surface area (Å²) in [5.74, 6) is 0. The van der Waals surface area contributed by atoms with Crippen molar-refractivity contribution in [1.82, 2.24) is 9.55 Å². The van der Waals surface area contributed by atoms with E-state index < -0.39 is 11.7 Å². The third-order valence-electron chi connectivity index (χ3n) is 2.20. The Kier molecular flexibility index (Phi) is 3.51. The van der Waals surface area contributed by atoms with Crippen LogP contribution in [0.4, 0.5) is 4.79 Å². The van der Waals surface area contributed by atoms with E-state index in [-0.39, 0.29) is 0 Å². The van der Waals surface area contributed by atoms with Crippen molar-refractivity contribution in [3.63, 3.8) is 0 Å². The van der Waals surface area contributed by atoms with Crippen LogP contribution in [-0.4, -0.2) is 21.2 Å². The second kappa shape index (κ2) is 4.66. The lowest BCUT2D eigenvalue weighted by molar-refractivity contribution is 0.0544. The molecule has 0 saturated heterocycles. The Morgan fingerprint density at radius 2 is 2.06 bits per heavy atom. The number of pyridine rings is 1. The van der Waals surface area contributed by atoms with Crippen LogP contribution < -0.4 is 0 Å². The first kappa shape index (κ1) is 13.5. The molecule has 0 aromatic carbocycles. The number of nitrogens with zero attached hydrogens (tertiary/aromatic N) is 2. The first-order chi connectivity index (χ1) is 8.28. The highest BCUT2D eigenvalue weighted by molar-refractivity contribution is 9.11. The van der Waals surface area contributed by atoms with E-state index in [1.807, 2.05) is 26.8 Å². The quantitative estimate of drug-likeness (QED) is 0.643. The Hall–Kier alpha value is -0.880. The van der Waals surface area contributed by atoms with Gasteiger partial charge in [-0.1, -0.05) is 0 Å². The van der Waals surface area contributed by atoms with E-state index >= 15 is 0 Å². The number of fused-ring (bicyclic) bond motifs is 1. The topological polar surface area (TPSA) is 44.1 Å². The van der Waals surface area contributed by atoms with Crippen molar-refractivity contribution in [2.75, 3.05) is 0 Å². The van der Waals surface area contributed by atoms with Crippen molar-refractivity contribution in [2.45, 2.75) is 26.4 Å². The fourth-order valence-electron chi connectivity index (χ4n) is 1.52. The average Bonchev–Trinajstić information content (AvgIpc) is 2.54. The van der Waals surface area contributed by atoms with Gasteiger partial charge in [0.2, 0.25) is 0 Å². The molecule has 0 radical (unpaired) electrons. The number of rotatable bonds is 0. The SMILES string of the molecule is CC(C)(C)OC(=O)n1cc(Br)c2cc(Br)ncc21. The summed E-state index contributed by atoms with van der Waals surface area (Å²) in [7, 11) is 0. The number of aromatic nitrogens is 2. The van der Waals surface area contributed by atoms with Crippen molar-refractivity contribution >= 4 is 48.9 Å². The van der Waals surface area contributed by atoms with Crippen molar-refractivity contribution in [3.05, 3.63) is 27.5 Å². The Morgan fingerprint density at radius 3 is 2.67 bits per heavy atom. The van der Waals surface area contributed by atoms with Gasteiger partial charge < -0.3 is 4.74 Å². The van der Waals surface area contributed by atoms with Gasteiger partial charge in [0, 0.05) is 16.1 Å².